The SMILES string of the molecule is O=C(O)[C@H](c1ccccc1)N1CCSCC1. The average Bonchev–Trinajstić information content (AvgIpc) is 2.31. The molecule has 0 radical (unpaired) electrons. The summed E-state index contributed by atoms with van der Waals surface area (Å²) in [5, 5.41) is 9.33. The van der Waals surface area contributed by atoms with E-state index in [1.807, 2.05) is 47.0 Å². The van der Waals surface area contributed by atoms with Crippen molar-refractivity contribution in [3.8, 4) is 0 Å². The van der Waals surface area contributed by atoms with Gasteiger partial charge in [-0.15, -0.1) is 0 Å². The zero-order valence-corrected chi connectivity index (χ0v) is 9.82. The maximum Gasteiger partial charge on any atom is 0.325 e. The minimum atomic E-state index is -0.752. The highest BCUT2D eigenvalue weighted by Gasteiger charge is 2.28. The van der Waals surface area contributed by atoms with Crippen LogP contribution in [0.1, 0.15) is 11.6 Å². The number of benzene rings is 1. The number of carboxylic acids is 1. The van der Waals surface area contributed by atoms with Crippen LogP contribution in [0.15, 0.2) is 30.3 Å². The number of nitrogens with zero attached hydrogens (tertiary/aromatic N) is 1. The van der Waals surface area contributed by atoms with Gasteiger partial charge in [0.15, 0.2) is 0 Å². The Hall–Kier alpha value is -1.00. The van der Waals surface area contributed by atoms with E-state index >= 15 is 0 Å². The van der Waals surface area contributed by atoms with Gasteiger partial charge in [-0.3, -0.25) is 9.69 Å². The fourth-order valence-electron chi connectivity index (χ4n) is 1.98. The first-order valence-corrected chi connectivity index (χ1v) is 6.54. The van der Waals surface area contributed by atoms with Crippen LogP contribution in [0.25, 0.3) is 0 Å². The maximum absolute atomic E-state index is 11.4. The molecule has 0 spiro atoms. The number of aliphatic carboxylic acids is 1. The van der Waals surface area contributed by atoms with Crippen molar-refractivity contribution in [3.63, 3.8) is 0 Å². The largest absolute Gasteiger partial charge is 0.480 e. The predicted molar refractivity (Wildman–Crippen MR) is 65.7 cm³/mol. The van der Waals surface area contributed by atoms with Crippen LogP contribution < -0.4 is 0 Å². The first kappa shape index (κ1) is 11.5. The molecule has 16 heavy (non-hydrogen) atoms. The molecule has 1 aromatic rings. The molecule has 1 aromatic carbocycles. The van der Waals surface area contributed by atoms with Gasteiger partial charge >= 0.3 is 5.97 Å². The zero-order chi connectivity index (χ0) is 11.4. The molecule has 0 aromatic heterocycles. The molecule has 1 fully saturated rings. The predicted octanol–water partition coefficient (Wildman–Crippen LogP) is 1.86. The minimum Gasteiger partial charge on any atom is -0.480 e. The van der Waals surface area contributed by atoms with Crippen LogP contribution in [-0.2, 0) is 4.79 Å². The second-order valence-corrected chi connectivity index (χ2v) is 5.02. The third kappa shape index (κ3) is 2.57. The van der Waals surface area contributed by atoms with E-state index in [-0.39, 0.29) is 0 Å². The van der Waals surface area contributed by atoms with Crippen molar-refractivity contribution in [2.75, 3.05) is 24.6 Å². The van der Waals surface area contributed by atoms with Gasteiger partial charge in [-0.05, 0) is 5.56 Å². The number of thioether (sulfide) groups is 1. The summed E-state index contributed by atoms with van der Waals surface area (Å²) >= 11 is 1.89. The summed E-state index contributed by atoms with van der Waals surface area (Å²) in [4.78, 5) is 13.4. The van der Waals surface area contributed by atoms with Crippen molar-refractivity contribution in [2.24, 2.45) is 0 Å². The Morgan fingerprint density at radius 3 is 2.44 bits per heavy atom. The number of rotatable bonds is 3. The molecule has 0 saturated carbocycles. The van der Waals surface area contributed by atoms with Crippen LogP contribution in [0, 0.1) is 0 Å². The smallest absolute Gasteiger partial charge is 0.325 e. The van der Waals surface area contributed by atoms with Crippen molar-refractivity contribution in [2.45, 2.75) is 6.04 Å². The van der Waals surface area contributed by atoms with Crippen LogP contribution in [-0.4, -0.2) is 40.6 Å². The molecule has 0 amide bonds. The van der Waals surface area contributed by atoms with E-state index in [0.29, 0.717) is 0 Å². The van der Waals surface area contributed by atoms with Crippen molar-refractivity contribution in [3.05, 3.63) is 35.9 Å². The van der Waals surface area contributed by atoms with E-state index in [1.54, 1.807) is 0 Å². The van der Waals surface area contributed by atoms with E-state index in [0.717, 1.165) is 30.2 Å². The van der Waals surface area contributed by atoms with Gasteiger partial charge in [0.2, 0.25) is 0 Å². The normalized spacial score (nSPS) is 19.2. The summed E-state index contributed by atoms with van der Waals surface area (Å²) in [6, 6.07) is 8.99. The molecular weight excluding hydrogens is 222 g/mol. The lowest BCUT2D eigenvalue weighted by Crippen LogP contribution is -2.39. The monoisotopic (exact) mass is 237 g/mol. The number of hydrogen-bond donors (Lipinski definition) is 1. The van der Waals surface area contributed by atoms with Gasteiger partial charge in [0.25, 0.3) is 0 Å². The molecule has 0 unspecified atom stereocenters. The Labute approximate surface area is 99.5 Å². The maximum atomic E-state index is 11.4. The Morgan fingerprint density at radius 2 is 1.88 bits per heavy atom. The van der Waals surface area contributed by atoms with Gasteiger partial charge in [-0.1, -0.05) is 30.3 Å². The van der Waals surface area contributed by atoms with Gasteiger partial charge < -0.3 is 5.11 Å². The van der Waals surface area contributed by atoms with Crippen molar-refractivity contribution in [1.29, 1.82) is 0 Å². The van der Waals surface area contributed by atoms with Gasteiger partial charge in [0.05, 0.1) is 0 Å². The molecule has 3 nitrogen and oxygen atoms in total. The number of carboxylic acid groups (broad SMARTS) is 1. The molecule has 0 aliphatic carbocycles. The third-order valence-corrected chi connectivity index (χ3v) is 3.70. The summed E-state index contributed by atoms with van der Waals surface area (Å²) in [5.41, 5.74) is 0.877. The van der Waals surface area contributed by atoms with E-state index in [2.05, 4.69) is 0 Å². The van der Waals surface area contributed by atoms with Crippen LogP contribution in [0.2, 0.25) is 0 Å². The lowest BCUT2D eigenvalue weighted by atomic mass is 10.1. The van der Waals surface area contributed by atoms with Crippen LogP contribution >= 0.6 is 11.8 Å². The highest BCUT2D eigenvalue weighted by atomic mass is 32.2. The standard InChI is InChI=1S/C12H15NO2S/c14-12(15)11(10-4-2-1-3-5-10)13-6-8-16-9-7-13/h1-5,11H,6-9H2,(H,14,15)/t11-/m0/s1. The fraction of sp³-hybridized carbons (Fsp3) is 0.417. The first-order chi connectivity index (χ1) is 7.79. The van der Waals surface area contributed by atoms with Crippen LogP contribution in [0.5, 0.6) is 0 Å². The fourth-order valence-corrected chi connectivity index (χ4v) is 2.91. The average molecular weight is 237 g/mol. The highest BCUT2D eigenvalue weighted by Crippen LogP contribution is 2.24. The summed E-state index contributed by atoms with van der Waals surface area (Å²) < 4.78 is 0. The van der Waals surface area contributed by atoms with Crippen LogP contribution in [0.4, 0.5) is 0 Å². The molecule has 1 aliphatic heterocycles. The van der Waals surface area contributed by atoms with E-state index in [1.165, 1.54) is 0 Å². The Morgan fingerprint density at radius 1 is 1.25 bits per heavy atom. The van der Waals surface area contributed by atoms with Gasteiger partial charge in [0.1, 0.15) is 6.04 Å². The van der Waals surface area contributed by atoms with E-state index in [9.17, 15) is 9.90 Å². The molecule has 1 atom stereocenters. The van der Waals surface area contributed by atoms with Crippen molar-refractivity contribution in [1.82, 2.24) is 4.90 Å². The van der Waals surface area contributed by atoms with Crippen molar-refractivity contribution < 1.29 is 9.90 Å². The Bertz CT molecular complexity index is 349. The first-order valence-electron chi connectivity index (χ1n) is 5.38. The molecule has 2 rings (SSSR count). The van der Waals surface area contributed by atoms with Gasteiger partial charge in [-0.2, -0.15) is 11.8 Å². The van der Waals surface area contributed by atoms with Crippen molar-refractivity contribution >= 4 is 17.7 Å². The summed E-state index contributed by atoms with van der Waals surface area (Å²) in [6.07, 6.45) is 0. The topological polar surface area (TPSA) is 40.5 Å². The molecule has 1 aliphatic rings. The molecule has 86 valence electrons. The third-order valence-electron chi connectivity index (χ3n) is 2.76. The molecular formula is C12H15NO2S. The van der Waals surface area contributed by atoms with E-state index in [4.69, 9.17) is 0 Å². The second-order valence-electron chi connectivity index (χ2n) is 3.80. The second kappa shape index (κ2) is 5.37. The molecule has 4 heteroatoms. The Kier molecular flexibility index (Phi) is 3.85. The molecule has 0 bridgehead atoms. The quantitative estimate of drug-likeness (QED) is 0.871. The lowest BCUT2D eigenvalue weighted by Gasteiger charge is -2.31. The highest BCUT2D eigenvalue weighted by molar-refractivity contribution is 7.99. The lowest BCUT2D eigenvalue weighted by molar-refractivity contribution is -0.143. The summed E-state index contributed by atoms with van der Waals surface area (Å²) in [5.74, 6) is 1.30. The van der Waals surface area contributed by atoms with E-state index < -0.39 is 12.0 Å². The minimum absolute atomic E-state index is 0.484. The van der Waals surface area contributed by atoms with Gasteiger partial charge in [-0.25, -0.2) is 0 Å². The number of carbonyl (C=O) groups is 1. The number of hydrogen-bond acceptors (Lipinski definition) is 3. The molecule has 1 heterocycles. The Balaban J connectivity index is 2.20. The summed E-state index contributed by atoms with van der Waals surface area (Å²) in [6.45, 7) is 1.72. The zero-order valence-electron chi connectivity index (χ0n) is 9.00. The molecule has 1 saturated heterocycles. The van der Waals surface area contributed by atoms with Crippen LogP contribution in [0.3, 0.4) is 0 Å². The van der Waals surface area contributed by atoms with Gasteiger partial charge in [0, 0.05) is 24.6 Å². The molecule has 1 N–H and O–H groups in total. The summed E-state index contributed by atoms with van der Waals surface area (Å²) in [7, 11) is 0.